The fraction of sp³-hybridized carbons (Fsp3) is 1.00. The smallest absolute Gasteiger partial charge is 0.106 e. The monoisotopic (exact) mass is 162 g/mol. The Balaban J connectivity index is 2.47. The molecule has 1 heterocycles. The minimum atomic E-state index is -0.821. The molecule has 0 aliphatic carbocycles. The Morgan fingerprint density at radius 1 is 1.45 bits per heavy atom. The molecule has 1 aliphatic heterocycles. The van der Waals surface area contributed by atoms with E-state index < -0.39 is 18.3 Å². The lowest BCUT2D eigenvalue weighted by Gasteiger charge is -2.34. The molecule has 0 spiro atoms. The van der Waals surface area contributed by atoms with E-state index in [0.29, 0.717) is 6.42 Å². The van der Waals surface area contributed by atoms with Crippen molar-refractivity contribution >= 4 is 0 Å². The first kappa shape index (κ1) is 8.93. The second kappa shape index (κ2) is 3.49. The van der Waals surface area contributed by atoms with Gasteiger partial charge in [0.25, 0.3) is 0 Å². The first-order valence-electron chi connectivity index (χ1n) is 3.77. The Morgan fingerprint density at radius 2 is 2.09 bits per heavy atom. The molecule has 0 aromatic heterocycles. The summed E-state index contributed by atoms with van der Waals surface area (Å²) in [5.74, 6) is 0. The summed E-state index contributed by atoms with van der Waals surface area (Å²) >= 11 is 0. The van der Waals surface area contributed by atoms with Gasteiger partial charge in [-0.3, -0.25) is 0 Å². The predicted molar refractivity (Wildman–Crippen MR) is 38.1 cm³/mol. The van der Waals surface area contributed by atoms with E-state index in [1.165, 1.54) is 0 Å². The number of hydrogen-bond donors (Lipinski definition) is 3. The fourth-order valence-electron chi connectivity index (χ4n) is 1.28. The van der Waals surface area contributed by atoms with Crippen molar-refractivity contribution in [2.75, 3.05) is 6.61 Å². The Bertz CT molecular complexity index is 116. The maximum absolute atomic E-state index is 9.21. The maximum Gasteiger partial charge on any atom is 0.106 e. The quantitative estimate of drug-likeness (QED) is 0.456. The van der Waals surface area contributed by atoms with Crippen LogP contribution < -0.4 is 0 Å². The van der Waals surface area contributed by atoms with Crippen molar-refractivity contribution in [3.8, 4) is 0 Å². The van der Waals surface area contributed by atoms with E-state index in [1.54, 1.807) is 6.92 Å². The highest BCUT2D eigenvalue weighted by Gasteiger charge is 2.33. The molecule has 11 heavy (non-hydrogen) atoms. The van der Waals surface area contributed by atoms with Gasteiger partial charge in [0.1, 0.15) is 6.10 Å². The van der Waals surface area contributed by atoms with Crippen molar-refractivity contribution < 1.29 is 20.1 Å². The molecule has 1 rings (SSSR count). The van der Waals surface area contributed by atoms with Crippen molar-refractivity contribution in [3.63, 3.8) is 0 Å². The molecule has 4 atom stereocenters. The van der Waals surface area contributed by atoms with Gasteiger partial charge in [0.2, 0.25) is 0 Å². The molecule has 66 valence electrons. The van der Waals surface area contributed by atoms with Crippen LogP contribution >= 0.6 is 0 Å². The minimum absolute atomic E-state index is 0.103. The highest BCUT2D eigenvalue weighted by molar-refractivity contribution is 4.82. The third-order valence-electron chi connectivity index (χ3n) is 1.99. The molecule has 0 unspecified atom stereocenters. The second-order valence-electron chi connectivity index (χ2n) is 2.94. The molecule has 3 N–H and O–H groups in total. The van der Waals surface area contributed by atoms with Gasteiger partial charge in [0.15, 0.2) is 0 Å². The van der Waals surface area contributed by atoms with E-state index in [9.17, 15) is 10.2 Å². The lowest BCUT2D eigenvalue weighted by Crippen LogP contribution is -2.47. The molecular weight excluding hydrogens is 148 g/mol. The standard InChI is InChI=1S/C7H14O4/c1-4-7(10)6(9)2-5(3-8)11-4/h4-10H,2-3H2,1H3/t4-,5-,6-,7-/m0/s1. The van der Waals surface area contributed by atoms with E-state index >= 15 is 0 Å². The highest BCUT2D eigenvalue weighted by atomic mass is 16.5. The number of aliphatic hydroxyl groups excluding tert-OH is 3. The van der Waals surface area contributed by atoms with Crippen LogP contribution in [0, 0.1) is 0 Å². The van der Waals surface area contributed by atoms with Crippen LogP contribution in [0.4, 0.5) is 0 Å². The molecule has 0 aromatic carbocycles. The van der Waals surface area contributed by atoms with Gasteiger partial charge < -0.3 is 20.1 Å². The van der Waals surface area contributed by atoms with Gasteiger partial charge in [-0.2, -0.15) is 0 Å². The Morgan fingerprint density at radius 3 is 2.55 bits per heavy atom. The summed E-state index contributed by atoms with van der Waals surface area (Å²) in [5.41, 5.74) is 0. The van der Waals surface area contributed by atoms with Gasteiger partial charge in [-0.05, 0) is 6.92 Å². The molecule has 0 bridgehead atoms. The normalized spacial score (nSPS) is 45.8. The summed E-state index contributed by atoms with van der Waals surface area (Å²) < 4.78 is 5.16. The molecule has 1 fully saturated rings. The predicted octanol–water partition coefficient (Wildman–Crippen LogP) is -1.12. The molecule has 0 saturated carbocycles. The van der Waals surface area contributed by atoms with Crippen LogP contribution in [-0.2, 0) is 4.74 Å². The van der Waals surface area contributed by atoms with Gasteiger partial charge >= 0.3 is 0 Å². The van der Waals surface area contributed by atoms with Crippen molar-refractivity contribution in [1.29, 1.82) is 0 Å². The Hall–Kier alpha value is -0.160. The largest absolute Gasteiger partial charge is 0.394 e. The molecule has 0 aromatic rings. The second-order valence-corrected chi connectivity index (χ2v) is 2.94. The highest BCUT2D eigenvalue weighted by Crippen LogP contribution is 2.19. The summed E-state index contributed by atoms with van der Waals surface area (Å²) in [5, 5.41) is 27.1. The van der Waals surface area contributed by atoms with Gasteiger partial charge in [-0.15, -0.1) is 0 Å². The van der Waals surface area contributed by atoms with Crippen LogP contribution in [0.2, 0.25) is 0 Å². The minimum Gasteiger partial charge on any atom is -0.394 e. The summed E-state index contributed by atoms with van der Waals surface area (Å²) in [7, 11) is 0. The van der Waals surface area contributed by atoms with E-state index in [1.807, 2.05) is 0 Å². The summed E-state index contributed by atoms with van der Waals surface area (Å²) in [6.07, 6.45) is -2.00. The van der Waals surface area contributed by atoms with Crippen molar-refractivity contribution in [2.24, 2.45) is 0 Å². The van der Waals surface area contributed by atoms with Gasteiger partial charge in [0.05, 0.1) is 24.9 Å². The number of hydrogen-bond acceptors (Lipinski definition) is 4. The van der Waals surface area contributed by atoms with Crippen LogP contribution in [0.25, 0.3) is 0 Å². The third-order valence-corrected chi connectivity index (χ3v) is 1.99. The summed E-state index contributed by atoms with van der Waals surface area (Å²) in [6, 6.07) is 0. The van der Waals surface area contributed by atoms with Crippen LogP contribution in [-0.4, -0.2) is 46.3 Å². The zero-order valence-electron chi connectivity index (χ0n) is 6.47. The van der Waals surface area contributed by atoms with Crippen LogP contribution in [0.1, 0.15) is 13.3 Å². The molecule has 1 saturated heterocycles. The van der Waals surface area contributed by atoms with E-state index in [-0.39, 0.29) is 12.7 Å². The topological polar surface area (TPSA) is 69.9 Å². The molecule has 4 nitrogen and oxygen atoms in total. The lowest BCUT2D eigenvalue weighted by atomic mass is 9.99. The van der Waals surface area contributed by atoms with Crippen molar-refractivity contribution in [3.05, 3.63) is 0 Å². The molecule has 0 radical (unpaired) electrons. The Labute approximate surface area is 65.4 Å². The van der Waals surface area contributed by atoms with E-state index in [4.69, 9.17) is 9.84 Å². The maximum atomic E-state index is 9.21. The van der Waals surface area contributed by atoms with Crippen LogP contribution in [0.5, 0.6) is 0 Å². The number of ether oxygens (including phenoxy) is 1. The average molecular weight is 162 g/mol. The van der Waals surface area contributed by atoms with Gasteiger partial charge in [-0.1, -0.05) is 0 Å². The molecule has 0 amide bonds. The Kier molecular flexibility index (Phi) is 2.84. The van der Waals surface area contributed by atoms with Crippen LogP contribution in [0.15, 0.2) is 0 Å². The molecular formula is C7H14O4. The zero-order valence-corrected chi connectivity index (χ0v) is 6.47. The van der Waals surface area contributed by atoms with E-state index in [2.05, 4.69) is 0 Å². The first-order valence-corrected chi connectivity index (χ1v) is 3.77. The average Bonchev–Trinajstić information content (AvgIpc) is 1.99. The van der Waals surface area contributed by atoms with Gasteiger partial charge in [0, 0.05) is 6.42 Å². The summed E-state index contributed by atoms with van der Waals surface area (Å²) in [6.45, 7) is 1.57. The zero-order chi connectivity index (χ0) is 8.43. The number of rotatable bonds is 1. The van der Waals surface area contributed by atoms with Crippen molar-refractivity contribution in [2.45, 2.75) is 37.8 Å². The fourth-order valence-corrected chi connectivity index (χ4v) is 1.28. The van der Waals surface area contributed by atoms with Crippen molar-refractivity contribution in [1.82, 2.24) is 0 Å². The lowest BCUT2D eigenvalue weighted by molar-refractivity contribution is -0.170. The first-order chi connectivity index (χ1) is 5.15. The van der Waals surface area contributed by atoms with Crippen LogP contribution in [0.3, 0.4) is 0 Å². The number of aliphatic hydroxyl groups is 3. The van der Waals surface area contributed by atoms with E-state index in [0.717, 1.165) is 0 Å². The molecule has 1 aliphatic rings. The SMILES string of the molecule is C[C@@H]1O[C@H](CO)C[C@H](O)[C@H]1O. The third kappa shape index (κ3) is 1.90. The molecule has 4 heteroatoms. The summed E-state index contributed by atoms with van der Waals surface area (Å²) in [4.78, 5) is 0. The van der Waals surface area contributed by atoms with Gasteiger partial charge in [-0.25, -0.2) is 0 Å².